The molecule has 2 aromatic carbocycles. The summed E-state index contributed by atoms with van der Waals surface area (Å²) in [6.45, 7) is 0.643. The molecule has 1 aliphatic heterocycles. The highest BCUT2D eigenvalue weighted by molar-refractivity contribution is 5.86. The quantitative estimate of drug-likeness (QED) is 0.871. The first-order valence-electron chi connectivity index (χ1n) is 9.04. The summed E-state index contributed by atoms with van der Waals surface area (Å²) < 4.78 is 13.8. The lowest BCUT2D eigenvalue weighted by atomic mass is 10.1. The van der Waals surface area contributed by atoms with Gasteiger partial charge in [0.15, 0.2) is 0 Å². The summed E-state index contributed by atoms with van der Waals surface area (Å²) in [7, 11) is 0. The lowest BCUT2D eigenvalue weighted by Crippen LogP contribution is -2.40. The SMILES string of the molecule is O=C1CN(C(=O)Cc2ccccc2F)CC(O)CN1CCc1ccccc1. The number of hydrogen-bond donors (Lipinski definition) is 1. The molecular formula is C21H23FN2O3. The van der Waals surface area contributed by atoms with E-state index in [-0.39, 0.29) is 43.4 Å². The summed E-state index contributed by atoms with van der Waals surface area (Å²) in [6.07, 6.45) is -0.268. The molecule has 6 heteroatoms. The standard InChI is InChI=1S/C21H23FN2O3/c22-19-9-5-4-8-17(19)12-20(26)24-14-18(25)13-23(21(27)15-24)11-10-16-6-2-1-3-7-16/h1-9,18,25H,10-15H2. The Morgan fingerprint density at radius 1 is 1.07 bits per heavy atom. The van der Waals surface area contributed by atoms with Crippen LogP contribution in [0.4, 0.5) is 4.39 Å². The number of β-amino-alcohol motifs (C(OH)–C–C–N with tert-alkyl or cyclic N) is 1. The van der Waals surface area contributed by atoms with Crippen molar-refractivity contribution in [3.63, 3.8) is 0 Å². The van der Waals surface area contributed by atoms with Crippen LogP contribution >= 0.6 is 0 Å². The van der Waals surface area contributed by atoms with Crippen molar-refractivity contribution in [1.29, 1.82) is 0 Å². The lowest BCUT2D eigenvalue weighted by Gasteiger charge is -2.22. The number of amides is 2. The Kier molecular flexibility index (Phi) is 6.19. The van der Waals surface area contributed by atoms with E-state index in [1.54, 1.807) is 23.1 Å². The van der Waals surface area contributed by atoms with Crippen molar-refractivity contribution < 1.29 is 19.1 Å². The largest absolute Gasteiger partial charge is 0.389 e. The van der Waals surface area contributed by atoms with Crippen LogP contribution in [0.3, 0.4) is 0 Å². The van der Waals surface area contributed by atoms with Crippen molar-refractivity contribution in [2.24, 2.45) is 0 Å². The van der Waals surface area contributed by atoms with Gasteiger partial charge in [-0.3, -0.25) is 9.59 Å². The Labute approximate surface area is 158 Å². The van der Waals surface area contributed by atoms with Gasteiger partial charge in [-0.15, -0.1) is 0 Å². The minimum atomic E-state index is -0.822. The molecule has 5 nitrogen and oxygen atoms in total. The van der Waals surface area contributed by atoms with Crippen LogP contribution in [-0.4, -0.2) is 59.0 Å². The summed E-state index contributed by atoms with van der Waals surface area (Å²) in [6, 6.07) is 15.9. The third kappa shape index (κ3) is 5.14. The van der Waals surface area contributed by atoms with E-state index in [9.17, 15) is 19.1 Å². The normalized spacial score (nSPS) is 17.7. The van der Waals surface area contributed by atoms with Gasteiger partial charge in [0.05, 0.1) is 19.1 Å². The molecule has 0 saturated carbocycles. The van der Waals surface area contributed by atoms with Crippen LogP contribution in [0, 0.1) is 5.82 Å². The molecule has 0 bridgehead atoms. The molecule has 2 aromatic rings. The number of aliphatic hydroxyl groups excluding tert-OH is 1. The van der Waals surface area contributed by atoms with Gasteiger partial charge in [0, 0.05) is 19.6 Å². The number of benzene rings is 2. The van der Waals surface area contributed by atoms with E-state index in [2.05, 4.69) is 0 Å². The van der Waals surface area contributed by atoms with Gasteiger partial charge < -0.3 is 14.9 Å². The first-order chi connectivity index (χ1) is 13.0. The highest BCUT2D eigenvalue weighted by Gasteiger charge is 2.29. The fourth-order valence-corrected chi connectivity index (χ4v) is 3.23. The summed E-state index contributed by atoms with van der Waals surface area (Å²) in [5, 5.41) is 10.3. The number of carbonyl (C=O) groups is 2. The van der Waals surface area contributed by atoms with Crippen molar-refractivity contribution in [3.05, 3.63) is 71.5 Å². The minimum absolute atomic E-state index is 0.0703. The third-order valence-electron chi connectivity index (χ3n) is 4.71. The van der Waals surface area contributed by atoms with E-state index in [0.717, 1.165) is 5.56 Å². The maximum absolute atomic E-state index is 13.8. The number of halogens is 1. The van der Waals surface area contributed by atoms with E-state index in [1.165, 1.54) is 11.0 Å². The number of aliphatic hydroxyl groups is 1. The van der Waals surface area contributed by atoms with Crippen LogP contribution in [0.5, 0.6) is 0 Å². The molecule has 1 heterocycles. The predicted octanol–water partition coefficient (Wildman–Crippen LogP) is 1.64. The summed E-state index contributed by atoms with van der Waals surface area (Å²) in [5.41, 5.74) is 1.39. The number of carbonyl (C=O) groups excluding carboxylic acids is 2. The predicted molar refractivity (Wildman–Crippen MR) is 99.4 cm³/mol. The summed E-state index contributed by atoms with van der Waals surface area (Å²) in [5.74, 6) is -1.01. The van der Waals surface area contributed by atoms with Gasteiger partial charge in [-0.05, 0) is 23.6 Å². The van der Waals surface area contributed by atoms with Crippen LogP contribution in [0.15, 0.2) is 54.6 Å². The zero-order valence-corrected chi connectivity index (χ0v) is 15.1. The average Bonchev–Trinajstić information content (AvgIpc) is 2.81. The first kappa shape index (κ1) is 19.0. The van der Waals surface area contributed by atoms with E-state index >= 15 is 0 Å². The molecule has 1 saturated heterocycles. The molecule has 1 unspecified atom stereocenters. The molecule has 1 fully saturated rings. The zero-order chi connectivity index (χ0) is 19.2. The Morgan fingerprint density at radius 3 is 2.52 bits per heavy atom. The van der Waals surface area contributed by atoms with Crippen molar-refractivity contribution in [2.45, 2.75) is 18.9 Å². The molecule has 1 atom stereocenters. The Bertz CT molecular complexity index is 797. The fraction of sp³-hybridized carbons (Fsp3) is 0.333. The van der Waals surface area contributed by atoms with E-state index in [0.29, 0.717) is 13.0 Å². The molecule has 1 aliphatic rings. The Hall–Kier alpha value is -2.73. The number of nitrogens with zero attached hydrogens (tertiary/aromatic N) is 2. The van der Waals surface area contributed by atoms with Gasteiger partial charge in [0.2, 0.25) is 11.8 Å². The van der Waals surface area contributed by atoms with E-state index in [4.69, 9.17) is 0 Å². The van der Waals surface area contributed by atoms with E-state index in [1.807, 2.05) is 30.3 Å². The highest BCUT2D eigenvalue weighted by atomic mass is 19.1. The molecule has 142 valence electrons. The van der Waals surface area contributed by atoms with Crippen molar-refractivity contribution >= 4 is 11.8 Å². The molecular weight excluding hydrogens is 347 g/mol. The topological polar surface area (TPSA) is 60.9 Å². The van der Waals surface area contributed by atoms with Crippen LogP contribution in [-0.2, 0) is 22.4 Å². The summed E-state index contributed by atoms with van der Waals surface area (Å²) in [4.78, 5) is 28.0. The second-order valence-corrected chi connectivity index (χ2v) is 6.77. The Balaban J connectivity index is 1.62. The van der Waals surface area contributed by atoms with Crippen LogP contribution in [0.2, 0.25) is 0 Å². The van der Waals surface area contributed by atoms with Crippen molar-refractivity contribution in [3.8, 4) is 0 Å². The highest BCUT2D eigenvalue weighted by Crippen LogP contribution is 2.12. The van der Waals surface area contributed by atoms with Gasteiger partial charge in [-0.1, -0.05) is 48.5 Å². The molecule has 2 amide bonds. The molecule has 1 N–H and O–H groups in total. The zero-order valence-electron chi connectivity index (χ0n) is 15.1. The van der Waals surface area contributed by atoms with Gasteiger partial charge in [-0.2, -0.15) is 0 Å². The fourth-order valence-electron chi connectivity index (χ4n) is 3.23. The monoisotopic (exact) mass is 370 g/mol. The van der Waals surface area contributed by atoms with Crippen molar-refractivity contribution in [1.82, 2.24) is 9.80 Å². The molecule has 27 heavy (non-hydrogen) atoms. The smallest absolute Gasteiger partial charge is 0.242 e. The maximum Gasteiger partial charge on any atom is 0.242 e. The van der Waals surface area contributed by atoms with Gasteiger partial charge in [0.25, 0.3) is 0 Å². The molecule has 0 spiro atoms. The van der Waals surface area contributed by atoms with Gasteiger partial charge in [0.1, 0.15) is 5.82 Å². The van der Waals surface area contributed by atoms with Crippen LogP contribution < -0.4 is 0 Å². The Morgan fingerprint density at radius 2 is 1.78 bits per heavy atom. The lowest BCUT2D eigenvalue weighted by molar-refractivity contribution is -0.138. The number of rotatable bonds is 5. The molecule has 0 radical (unpaired) electrons. The summed E-state index contributed by atoms with van der Waals surface area (Å²) >= 11 is 0. The van der Waals surface area contributed by atoms with Crippen molar-refractivity contribution in [2.75, 3.05) is 26.2 Å². The van der Waals surface area contributed by atoms with Gasteiger partial charge >= 0.3 is 0 Å². The average molecular weight is 370 g/mol. The van der Waals surface area contributed by atoms with E-state index < -0.39 is 11.9 Å². The molecule has 0 aliphatic carbocycles. The second-order valence-electron chi connectivity index (χ2n) is 6.77. The molecule has 3 rings (SSSR count). The minimum Gasteiger partial charge on any atom is -0.389 e. The van der Waals surface area contributed by atoms with Crippen LogP contribution in [0.25, 0.3) is 0 Å². The second kappa shape index (κ2) is 8.77. The molecule has 0 aromatic heterocycles. The van der Waals surface area contributed by atoms with Gasteiger partial charge in [-0.25, -0.2) is 4.39 Å². The number of hydrogen-bond acceptors (Lipinski definition) is 3. The maximum atomic E-state index is 13.8. The first-order valence-corrected chi connectivity index (χ1v) is 9.04. The third-order valence-corrected chi connectivity index (χ3v) is 4.71. The van der Waals surface area contributed by atoms with Crippen LogP contribution in [0.1, 0.15) is 11.1 Å².